The molecule has 196 valence electrons. The van der Waals surface area contributed by atoms with Gasteiger partial charge in [-0.15, -0.1) is 0 Å². The molecule has 0 amide bonds. The largest absolute Gasteiger partial charge is 0.491 e. The Morgan fingerprint density at radius 3 is 2.41 bits per heavy atom. The molecule has 2 aromatic carbocycles. The quantitative estimate of drug-likeness (QED) is 0.292. The molecule has 7 nitrogen and oxygen atoms in total. The summed E-state index contributed by atoms with van der Waals surface area (Å²) in [7, 11) is -3.29. The van der Waals surface area contributed by atoms with E-state index in [1.165, 1.54) is 0 Å². The summed E-state index contributed by atoms with van der Waals surface area (Å²) in [5.41, 5.74) is 2.49. The fourth-order valence-electron chi connectivity index (χ4n) is 3.62. The van der Waals surface area contributed by atoms with Crippen LogP contribution >= 0.6 is 11.6 Å². The van der Waals surface area contributed by atoms with Crippen molar-refractivity contribution in [1.82, 2.24) is 9.97 Å². The van der Waals surface area contributed by atoms with Crippen LogP contribution in [0, 0.1) is 11.3 Å². The first-order chi connectivity index (χ1) is 17.5. The lowest BCUT2D eigenvalue weighted by atomic mass is 9.77. The number of benzene rings is 2. The van der Waals surface area contributed by atoms with E-state index >= 15 is 0 Å². The van der Waals surface area contributed by atoms with Gasteiger partial charge in [-0.2, -0.15) is 5.26 Å². The van der Waals surface area contributed by atoms with Crippen molar-refractivity contribution in [3.05, 3.63) is 81.9 Å². The lowest BCUT2D eigenvalue weighted by Gasteiger charge is -2.27. The molecule has 0 N–H and O–H groups in total. The van der Waals surface area contributed by atoms with E-state index in [2.05, 4.69) is 29.9 Å². The Morgan fingerprint density at radius 1 is 1.08 bits per heavy atom. The number of rotatable bonds is 11. The van der Waals surface area contributed by atoms with Crippen LogP contribution in [0.25, 0.3) is 0 Å². The van der Waals surface area contributed by atoms with Crippen molar-refractivity contribution in [2.75, 3.05) is 6.61 Å². The molecule has 3 rings (SSSR count). The maximum atomic E-state index is 12.2. The van der Waals surface area contributed by atoms with E-state index in [0.717, 1.165) is 17.5 Å². The van der Waals surface area contributed by atoms with E-state index < -0.39 is 20.5 Å². The van der Waals surface area contributed by atoms with Gasteiger partial charge in [0, 0.05) is 11.6 Å². The molecular formula is C28H32ClN3O4S. The molecule has 1 heterocycles. The first-order valence-electron chi connectivity index (χ1n) is 12.1. The molecule has 0 radical (unpaired) electrons. The molecule has 1 aromatic heterocycles. The number of nitrogens with zero attached hydrogens (tertiary/aromatic N) is 3. The van der Waals surface area contributed by atoms with E-state index in [9.17, 15) is 13.7 Å². The van der Waals surface area contributed by atoms with Crippen LogP contribution in [0.1, 0.15) is 69.2 Å². The number of hydrogen-bond acceptors (Lipinski definition) is 7. The van der Waals surface area contributed by atoms with Crippen LogP contribution in [-0.4, -0.2) is 30.2 Å². The Balaban J connectivity index is 1.74. The Kier molecular flexibility index (Phi) is 9.16. The zero-order valence-electron chi connectivity index (χ0n) is 21.8. The number of nitriles is 1. The van der Waals surface area contributed by atoms with Gasteiger partial charge < -0.3 is 9.47 Å². The van der Waals surface area contributed by atoms with Crippen LogP contribution in [0.5, 0.6) is 11.5 Å². The summed E-state index contributed by atoms with van der Waals surface area (Å²) in [6, 6.07) is 15.3. The van der Waals surface area contributed by atoms with Gasteiger partial charge in [0.1, 0.15) is 30.0 Å². The predicted molar refractivity (Wildman–Crippen MR) is 145 cm³/mol. The highest BCUT2D eigenvalue weighted by Crippen LogP contribution is 2.38. The normalized spacial score (nSPS) is 11.8. The Bertz CT molecular complexity index is 1380. The molecule has 37 heavy (non-hydrogen) atoms. The summed E-state index contributed by atoms with van der Waals surface area (Å²) >= 11 is 6.49. The molecule has 0 spiro atoms. The van der Waals surface area contributed by atoms with Gasteiger partial charge in [0.05, 0.1) is 28.1 Å². The van der Waals surface area contributed by atoms with Crippen molar-refractivity contribution in [2.45, 2.75) is 64.1 Å². The SMILES string of the molecule is CCCOc1c(Cl)cc(C(C)(C)c2ccc(OCc3ccnc(CS(=O)(=O)C(C)C)n3)cc2)cc1C#N. The van der Waals surface area contributed by atoms with Crippen LogP contribution < -0.4 is 9.47 Å². The van der Waals surface area contributed by atoms with Crippen LogP contribution in [0.4, 0.5) is 0 Å². The van der Waals surface area contributed by atoms with Crippen molar-refractivity contribution in [2.24, 2.45) is 0 Å². The lowest BCUT2D eigenvalue weighted by molar-refractivity contribution is 0.300. The highest BCUT2D eigenvalue weighted by Gasteiger charge is 2.26. The van der Waals surface area contributed by atoms with Crippen molar-refractivity contribution in [3.63, 3.8) is 0 Å². The molecule has 0 saturated carbocycles. The average molecular weight is 542 g/mol. The summed E-state index contributed by atoms with van der Waals surface area (Å²) in [5.74, 6) is 1.12. The standard InChI is InChI=1S/C28H32ClN3O4S/c1-6-13-35-27-20(16-30)14-22(15-25(27)29)28(4,5)21-7-9-24(10-8-21)36-17-23-11-12-31-26(32-23)18-37(33,34)19(2)3/h7-12,14-15,19H,6,13,17-18H2,1-5H3. The Hall–Kier alpha value is -3.15. The summed E-state index contributed by atoms with van der Waals surface area (Å²) < 4.78 is 35.9. The summed E-state index contributed by atoms with van der Waals surface area (Å²) in [4.78, 5) is 8.42. The molecular weight excluding hydrogens is 510 g/mol. The molecule has 0 fully saturated rings. The molecule has 0 aliphatic rings. The number of aromatic nitrogens is 2. The number of hydrogen-bond donors (Lipinski definition) is 0. The van der Waals surface area contributed by atoms with Gasteiger partial charge in [-0.1, -0.05) is 44.5 Å². The lowest BCUT2D eigenvalue weighted by Crippen LogP contribution is -2.19. The zero-order valence-corrected chi connectivity index (χ0v) is 23.4. The average Bonchev–Trinajstić information content (AvgIpc) is 2.86. The maximum Gasteiger partial charge on any atom is 0.159 e. The van der Waals surface area contributed by atoms with E-state index in [4.69, 9.17) is 21.1 Å². The molecule has 9 heteroatoms. The Labute approximate surface area is 224 Å². The van der Waals surface area contributed by atoms with Gasteiger partial charge in [-0.05, 0) is 61.7 Å². The highest BCUT2D eigenvalue weighted by molar-refractivity contribution is 7.91. The summed E-state index contributed by atoms with van der Waals surface area (Å²) in [5, 5.41) is 9.57. The smallest absolute Gasteiger partial charge is 0.159 e. The second-order valence-electron chi connectivity index (χ2n) is 9.55. The second-order valence-corrected chi connectivity index (χ2v) is 12.5. The number of halogens is 1. The van der Waals surface area contributed by atoms with Gasteiger partial charge in [0.25, 0.3) is 0 Å². The Morgan fingerprint density at radius 2 is 1.78 bits per heavy atom. The van der Waals surface area contributed by atoms with Crippen molar-refractivity contribution >= 4 is 21.4 Å². The third-order valence-corrected chi connectivity index (χ3v) is 8.49. The van der Waals surface area contributed by atoms with Crippen LogP contribution in [0.15, 0.2) is 48.7 Å². The molecule has 0 saturated heterocycles. The minimum Gasteiger partial charge on any atom is -0.491 e. The van der Waals surface area contributed by atoms with Crippen molar-refractivity contribution in [3.8, 4) is 17.6 Å². The minimum atomic E-state index is -3.29. The van der Waals surface area contributed by atoms with E-state index in [-0.39, 0.29) is 18.2 Å². The summed E-state index contributed by atoms with van der Waals surface area (Å²) in [6.07, 6.45) is 2.36. The molecule has 0 aliphatic carbocycles. The topological polar surface area (TPSA) is 102 Å². The third kappa shape index (κ3) is 7.00. The molecule has 0 unspecified atom stereocenters. The zero-order chi connectivity index (χ0) is 27.2. The van der Waals surface area contributed by atoms with Crippen molar-refractivity contribution < 1.29 is 17.9 Å². The van der Waals surface area contributed by atoms with Gasteiger partial charge in [0.2, 0.25) is 0 Å². The van der Waals surface area contributed by atoms with Gasteiger partial charge >= 0.3 is 0 Å². The molecule has 3 aromatic rings. The third-order valence-electron chi connectivity index (χ3n) is 6.11. The molecule has 0 atom stereocenters. The molecule has 0 bridgehead atoms. The first kappa shape index (κ1) is 28.4. The predicted octanol–water partition coefficient (Wildman–Crippen LogP) is 6.02. The number of sulfone groups is 1. The van der Waals surface area contributed by atoms with Gasteiger partial charge in [-0.25, -0.2) is 18.4 Å². The van der Waals surface area contributed by atoms with E-state index in [0.29, 0.717) is 34.4 Å². The maximum absolute atomic E-state index is 12.2. The van der Waals surface area contributed by atoms with E-state index in [1.54, 1.807) is 26.1 Å². The van der Waals surface area contributed by atoms with Gasteiger partial charge in [-0.3, -0.25) is 0 Å². The van der Waals surface area contributed by atoms with Crippen LogP contribution in [0.3, 0.4) is 0 Å². The van der Waals surface area contributed by atoms with Gasteiger partial charge in [0.15, 0.2) is 15.6 Å². The van der Waals surface area contributed by atoms with Crippen molar-refractivity contribution in [1.29, 1.82) is 5.26 Å². The van der Waals surface area contributed by atoms with Crippen LogP contribution in [0.2, 0.25) is 5.02 Å². The minimum absolute atomic E-state index is 0.181. The van der Waals surface area contributed by atoms with Crippen LogP contribution in [-0.2, 0) is 27.6 Å². The summed E-state index contributed by atoms with van der Waals surface area (Å²) in [6.45, 7) is 10.1. The highest BCUT2D eigenvalue weighted by atomic mass is 35.5. The monoisotopic (exact) mass is 541 g/mol. The molecule has 0 aliphatic heterocycles. The van der Waals surface area contributed by atoms with E-state index in [1.807, 2.05) is 43.3 Å². The fourth-order valence-corrected chi connectivity index (χ4v) is 4.72. The second kappa shape index (κ2) is 11.9. The number of ether oxygens (including phenoxy) is 2. The fraction of sp³-hybridized carbons (Fsp3) is 0.393. The first-order valence-corrected chi connectivity index (χ1v) is 14.2.